The van der Waals surface area contributed by atoms with Crippen LogP contribution in [0.4, 0.5) is 5.69 Å². The van der Waals surface area contributed by atoms with Crippen LogP contribution in [0.25, 0.3) is 0 Å². The molecule has 0 bridgehead atoms. The van der Waals surface area contributed by atoms with Crippen LogP contribution >= 0.6 is 0 Å². The van der Waals surface area contributed by atoms with Crippen molar-refractivity contribution in [2.24, 2.45) is 0 Å². The maximum Gasteiger partial charge on any atom is 0.266 e. The Morgan fingerprint density at radius 1 is 1.33 bits per heavy atom. The Bertz CT molecular complexity index is 731. The zero-order valence-electron chi connectivity index (χ0n) is 11.3. The fourth-order valence-corrected chi connectivity index (χ4v) is 1.83. The lowest BCUT2D eigenvalue weighted by atomic mass is 10.2. The van der Waals surface area contributed by atoms with Crippen LogP contribution in [0.2, 0.25) is 0 Å². The SMILES string of the molecule is N#Cc1cccc(NC(=O)CCCn2ncccc2=O)c1. The molecule has 0 spiro atoms. The van der Waals surface area contributed by atoms with Gasteiger partial charge in [0.25, 0.3) is 5.56 Å². The van der Waals surface area contributed by atoms with Gasteiger partial charge in [-0.3, -0.25) is 9.59 Å². The predicted molar refractivity (Wildman–Crippen MR) is 77.5 cm³/mol. The van der Waals surface area contributed by atoms with Crippen LogP contribution in [0.1, 0.15) is 18.4 Å². The Morgan fingerprint density at radius 2 is 2.19 bits per heavy atom. The van der Waals surface area contributed by atoms with Gasteiger partial charge in [-0.2, -0.15) is 10.4 Å². The van der Waals surface area contributed by atoms with E-state index in [1.54, 1.807) is 30.3 Å². The lowest BCUT2D eigenvalue weighted by molar-refractivity contribution is -0.116. The topological polar surface area (TPSA) is 87.8 Å². The number of nitriles is 1. The number of anilines is 1. The fourth-order valence-electron chi connectivity index (χ4n) is 1.83. The van der Waals surface area contributed by atoms with Crippen LogP contribution in [0.15, 0.2) is 47.4 Å². The number of nitrogens with zero attached hydrogens (tertiary/aromatic N) is 3. The molecule has 1 N–H and O–H groups in total. The third-order valence-electron chi connectivity index (χ3n) is 2.83. The van der Waals surface area contributed by atoms with Crippen molar-refractivity contribution < 1.29 is 4.79 Å². The third kappa shape index (κ3) is 4.28. The molecular weight excluding hydrogens is 268 g/mol. The molecule has 0 fully saturated rings. The summed E-state index contributed by atoms with van der Waals surface area (Å²) in [6.45, 7) is 0.394. The average Bonchev–Trinajstić information content (AvgIpc) is 2.49. The van der Waals surface area contributed by atoms with E-state index in [0.29, 0.717) is 24.2 Å². The van der Waals surface area contributed by atoms with Gasteiger partial charge in [0.15, 0.2) is 0 Å². The highest BCUT2D eigenvalue weighted by atomic mass is 16.1. The number of aromatic nitrogens is 2. The Kier molecular flexibility index (Phi) is 4.83. The molecule has 0 aliphatic heterocycles. The molecule has 0 aliphatic rings. The van der Waals surface area contributed by atoms with E-state index in [1.807, 2.05) is 6.07 Å². The summed E-state index contributed by atoms with van der Waals surface area (Å²) in [4.78, 5) is 23.2. The van der Waals surface area contributed by atoms with Crippen molar-refractivity contribution in [1.82, 2.24) is 9.78 Å². The van der Waals surface area contributed by atoms with Crippen LogP contribution in [-0.4, -0.2) is 15.7 Å². The minimum absolute atomic E-state index is 0.158. The maximum absolute atomic E-state index is 11.8. The smallest absolute Gasteiger partial charge is 0.266 e. The first-order valence-electron chi connectivity index (χ1n) is 6.51. The first-order chi connectivity index (χ1) is 10.2. The highest BCUT2D eigenvalue weighted by molar-refractivity contribution is 5.90. The van der Waals surface area contributed by atoms with Crippen LogP contribution in [0, 0.1) is 11.3 Å². The minimum Gasteiger partial charge on any atom is -0.326 e. The summed E-state index contributed by atoms with van der Waals surface area (Å²) < 4.78 is 1.32. The molecule has 0 unspecified atom stereocenters. The van der Waals surface area contributed by atoms with Crippen LogP contribution < -0.4 is 10.9 Å². The first kappa shape index (κ1) is 14.5. The highest BCUT2D eigenvalue weighted by Gasteiger charge is 2.04. The molecule has 21 heavy (non-hydrogen) atoms. The van der Waals surface area contributed by atoms with E-state index in [0.717, 1.165) is 0 Å². The Morgan fingerprint density at radius 3 is 2.95 bits per heavy atom. The zero-order chi connectivity index (χ0) is 15.1. The summed E-state index contributed by atoms with van der Waals surface area (Å²) in [7, 11) is 0. The largest absolute Gasteiger partial charge is 0.326 e. The second kappa shape index (κ2) is 7.01. The Labute approximate surface area is 121 Å². The van der Waals surface area contributed by atoms with Crippen molar-refractivity contribution in [1.29, 1.82) is 5.26 Å². The molecule has 0 saturated heterocycles. The summed E-state index contributed by atoms with van der Waals surface area (Å²) in [5.74, 6) is -0.158. The summed E-state index contributed by atoms with van der Waals surface area (Å²) in [6, 6.07) is 11.7. The van der Waals surface area contributed by atoms with Gasteiger partial charge in [-0.05, 0) is 30.7 Å². The summed E-state index contributed by atoms with van der Waals surface area (Å²) in [5.41, 5.74) is 0.904. The second-order valence-corrected chi connectivity index (χ2v) is 4.43. The lowest BCUT2D eigenvalue weighted by Crippen LogP contribution is -2.22. The van der Waals surface area contributed by atoms with Crippen LogP contribution in [0.5, 0.6) is 0 Å². The molecular formula is C15H14N4O2. The van der Waals surface area contributed by atoms with Gasteiger partial charge < -0.3 is 5.32 Å². The monoisotopic (exact) mass is 282 g/mol. The third-order valence-corrected chi connectivity index (χ3v) is 2.83. The second-order valence-electron chi connectivity index (χ2n) is 4.43. The van der Waals surface area contributed by atoms with Gasteiger partial charge in [0, 0.05) is 30.9 Å². The van der Waals surface area contributed by atoms with Crippen LogP contribution in [-0.2, 0) is 11.3 Å². The summed E-state index contributed by atoms with van der Waals surface area (Å²) >= 11 is 0. The van der Waals surface area contributed by atoms with E-state index in [9.17, 15) is 9.59 Å². The van der Waals surface area contributed by atoms with E-state index in [4.69, 9.17) is 5.26 Å². The standard InChI is InChI=1S/C15H14N4O2/c16-11-12-4-1-5-13(10-12)18-14(20)6-3-9-19-15(21)7-2-8-17-19/h1-2,4-5,7-8,10H,3,6,9H2,(H,18,20). The molecule has 2 aromatic rings. The molecule has 0 atom stereocenters. The number of amides is 1. The van der Waals surface area contributed by atoms with Gasteiger partial charge in [-0.1, -0.05) is 6.07 Å². The molecule has 2 rings (SSSR count). The lowest BCUT2D eigenvalue weighted by Gasteiger charge is -2.06. The average molecular weight is 282 g/mol. The van der Waals surface area contributed by atoms with Crippen molar-refractivity contribution in [3.63, 3.8) is 0 Å². The Hall–Kier alpha value is -2.94. The molecule has 6 heteroatoms. The quantitative estimate of drug-likeness (QED) is 0.900. The van der Waals surface area contributed by atoms with Crippen molar-refractivity contribution in [2.75, 3.05) is 5.32 Å². The number of benzene rings is 1. The van der Waals surface area contributed by atoms with E-state index in [-0.39, 0.29) is 17.9 Å². The molecule has 1 amide bonds. The van der Waals surface area contributed by atoms with Gasteiger partial charge in [0.1, 0.15) is 0 Å². The molecule has 0 aliphatic carbocycles. The summed E-state index contributed by atoms with van der Waals surface area (Å²) in [5, 5.41) is 15.4. The van der Waals surface area contributed by atoms with E-state index in [2.05, 4.69) is 10.4 Å². The molecule has 1 heterocycles. The first-order valence-corrected chi connectivity index (χ1v) is 6.51. The number of rotatable bonds is 5. The van der Waals surface area contributed by atoms with E-state index < -0.39 is 0 Å². The van der Waals surface area contributed by atoms with Crippen molar-refractivity contribution in [2.45, 2.75) is 19.4 Å². The number of nitrogens with one attached hydrogen (secondary N) is 1. The molecule has 1 aromatic heterocycles. The molecule has 6 nitrogen and oxygen atoms in total. The molecule has 106 valence electrons. The zero-order valence-corrected chi connectivity index (χ0v) is 11.3. The van der Waals surface area contributed by atoms with Gasteiger partial charge in [0.2, 0.25) is 5.91 Å². The Balaban J connectivity index is 1.84. The van der Waals surface area contributed by atoms with Crippen LogP contribution in [0.3, 0.4) is 0 Å². The highest BCUT2D eigenvalue weighted by Crippen LogP contribution is 2.10. The van der Waals surface area contributed by atoms with Crippen molar-refractivity contribution in [3.8, 4) is 6.07 Å². The van der Waals surface area contributed by atoms with Gasteiger partial charge in [-0.25, -0.2) is 4.68 Å². The predicted octanol–water partition coefficient (Wildman–Crippen LogP) is 1.53. The number of carbonyl (C=O) groups is 1. The van der Waals surface area contributed by atoms with E-state index in [1.165, 1.54) is 16.9 Å². The number of aryl methyl sites for hydroxylation is 1. The van der Waals surface area contributed by atoms with Gasteiger partial charge in [-0.15, -0.1) is 0 Å². The van der Waals surface area contributed by atoms with Crippen molar-refractivity contribution >= 4 is 11.6 Å². The molecule has 0 radical (unpaired) electrons. The number of carbonyl (C=O) groups excluding carboxylic acids is 1. The van der Waals surface area contributed by atoms with E-state index >= 15 is 0 Å². The van der Waals surface area contributed by atoms with Gasteiger partial charge >= 0.3 is 0 Å². The molecule has 1 aromatic carbocycles. The number of hydrogen-bond donors (Lipinski definition) is 1. The minimum atomic E-state index is -0.181. The normalized spacial score (nSPS) is 9.86. The molecule has 0 saturated carbocycles. The van der Waals surface area contributed by atoms with Crippen molar-refractivity contribution in [3.05, 3.63) is 58.5 Å². The fraction of sp³-hybridized carbons (Fsp3) is 0.200. The maximum atomic E-state index is 11.8. The number of hydrogen-bond acceptors (Lipinski definition) is 4. The van der Waals surface area contributed by atoms with Gasteiger partial charge in [0.05, 0.1) is 11.6 Å². The summed E-state index contributed by atoms with van der Waals surface area (Å²) in [6.07, 6.45) is 2.33.